The zero-order chi connectivity index (χ0) is 18.1. The summed E-state index contributed by atoms with van der Waals surface area (Å²) < 4.78 is 0. The second-order valence-corrected chi connectivity index (χ2v) is 6.26. The number of carbonyl (C=O) groups is 2. The molecule has 0 fully saturated rings. The summed E-state index contributed by atoms with van der Waals surface area (Å²) in [6.45, 7) is 1.06. The van der Waals surface area contributed by atoms with Crippen molar-refractivity contribution >= 4 is 23.4 Å². The fraction of sp³-hybridized carbons (Fsp3) is 0.316. The van der Waals surface area contributed by atoms with Gasteiger partial charge in [-0.3, -0.25) is 14.6 Å². The molecule has 132 valence electrons. The van der Waals surface area contributed by atoms with Crippen molar-refractivity contribution < 1.29 is 9.59 Å². The van der Waals surface area contributed by atoms with Crippen LogP contribution in [-0.4, -0.2) is 41.8 Å². The van der Waals surface area contributed by atoms with Crippen molar-refractivity contribution in [2.45, 2.75) is 19.3 Å². The van der Waals surface area contributed by atoms with Crippen molar-refractivity contribution in [3.8, 4) is 0 Å². The van der Waals surface area contributed by atoms with Gasteiger partial charge in [0.05, 0.1) is 0 Å². The summed E-state index contributed by atoms with van der Waals surface area (Å²) in [5, 5.41) is 3.47. The fourth-order valence-electron chi connectivity index (χ4n) is 2.30. The molecule has 1 N–H and O–H groups in total. The highest BCUT2D eigenvalue weighted by molar-refractivity contribution is 6.30. The molecule has 1 aromatic heterocycles. The van der Waals surface area contributed by atoms with Crippen LogP contribution in [0.1, 0.15) is 17.5 Å². The highest BCUT2D eigenvalue weighted by Gasteiger charge is 2.13. The van der Waals surface area contributed by atoms with Gasteiger partial charge in [0, 0.05) is 37.6 Å². The molecule has 0 saturated carbocycles. The van der Waals surface area contributed by atoms with Crippen molar-refractivity contribution in [1.82, 2.24) is 15.2 Å². The Morgan fingerprint density at radius 2 is 1.68 bits per heavy atom. The van der Waals surface area contributed by atoms with Crippen molar-refractivity contribution in [1.29, 1.82) is 0 Å². The van der Waals surface area contributed by atoms with E-state index in [0.29, 0.717) is 24.5 Å². The van der Waals surface area contributed by atoms with Gasteiger partial charge in [-0.2, -0.15) is 0 Å². The average Bonchev–Trinajstić information content (AvgIpc) is 2.62. The Bertz CT molecular complexity index is 690. The molecule has 0 bridgehead atoms. The lowest BCUT2D eigenvalue weighted by molar-refractivity contribution is -0.135. The second kappa shape index (κ2) is 9.79. The van der Waals surface area contributed by atoms with Gasteiger partial charge < -0.3 is 10.2 Å². The van der Waals surface area contributed by atoms with E-state index in [1.165, 1.54) is 0 Å². The van der Waals surface area contributed by atoms with Crippen molar-refractivity contribution in [3.05, 3.63) is 64.9 Å². The summed E-state index contributed by atoms with van der Waals surface area (Å²) >= 11 is 5.83. The molecule has 5 nitrogen and oxygen atoms in total. The van der Waals surface area contributed by atoms with E-state index in [0.717, 1.165) is 17.5 Å². The van der Waals surface area contributed by atoms with Gasteiger partial charge >= 0.3 is 0 Å². The number of nitrogens with one attached hydrogen (secondary N) is 1. The minimum absolute atomic E-state index is 0.131. The molecule has 2 amide bonds. The highest BCUT2D eigenvalue weighted by Crippen LogP contribution is 2.09. The van der Waals surface area contributed by atoms with Crippen LogP contribution >= 0.6 is 11.6 Å². The van der Waals surface area contributed by atoms with E-state index in [9.17, 15) is 9.59 Å². The number of benzene rings is 1. The van der Waals surface area contributed by atoms with Crippen LogP contribution in [-0.2, 0) is 22.4 Å². The molecule has 1 heterocycles. The first-order valence-electron chi connectivity index (χ1n) is 8.18. The van der Waals surface area contributed by atoms with E-state index in [4.69, 9.17) is 11.6 Å². The smallest absolute Gasteiger partial charge is 0.231 e. The summed E-state index contributed by atoms with van der Waals surface area (Å²) in [7, 11) is 1.71. The number of halogens is 1. The molecule has 2 rings (SSSR count). The van der Waals surface area contributed by atoms with Crippen LogP contribution in [0.15, 0.2) is 48.8 Å². The molecule has 0 saturated heterocycles. The number of aromatic nitrogens is 1. The van der Waals surface area contributed by atoms with Crippen LogP contribution in [0, 0.1) is 0 Å². The number of carbonyl (C=O) groups excluding carboxylic acids is 2. The minimum atomic E-state index is -0.255. The Morgan fingerprint density at radius 1 is 1.04 bits per heavy atom. The number of hydrogen-bond acceptors (Lipinski definition) is 3. The first-order chi connectivity index (χ1) is 12.0. The SMILES string of the molecule is CN(CCc1ccncc1)C(=O)CC(=O)NCCc1ccc(Cl)cc1. The standard InChI is InChI=1S/C19H22ClN3O2/c1-23(13-9-16-6-10-21-11-7-16)19(25)14-18(24)22-12-8-15-2-4-17(20)5-3-15/h2-7,10-11H,8-9,12-14H2,1H3,(H,22,24). The van der Waals surface area contributed by atoms with E-state index in [1.54, 1.807) is 24.3 Å². The predicted molar refractivity (Wildman–Crippen MR) is 98.4 cm³/mol. The number of likely N-dealkylation sites (N-methyl/N-ethyl adjacent to an activating group) is 1. The lowest BCUT2D eigenvalue weighted by Gasteiger charge is -2.17. The number of nitrogens with zero attached hydrogens (tertiary/aromatic N) is 2. The number of hydrogen-bond donors (Lipinski definition) is 1. The molecular weight excluding hydrogens is 338 g/mol. The third kappa shape index (κ3) is 6.93. The quantitative estimate of drug-likeness (QED) is 0.736. The third-order valence-electron chi connectivity index (χ3n) is 3.87. The van der Waals surface area contributed by atoms with Gasteiger partial charge in [0.2, 0.25) is 11.8 Å². The van der Waals surface area contributed by atoms with Gasteiger partial charge in [-0.05, 0) is 48.2 Å². The van der Waals surface area contributed by atoms with Crippen molar-refractivity contribution in [3.63, 3.8) is 0 Å². The van der Waals surface area contributed by atoms with Crippen LogP contribution in [0.25, 0.3) is 0 Å². The predicted octanol–water partition coefficient (Wildman–Crippen LogP) is 2.48. The Balaban J connectivity index is 1.66. The fourth-order valence-corrected chi connectivity index (χ4v) is 2.43. The van der Waals surface area contributed by atoms with E-state index >= 15 is 0 Å². The lowest BCUT2D eigenvalue weighted by Crippen LogP contribution is -2.35. The summed E-state index contributed by atoms with van der Waals surface area (Å²) in [5.41, 5.74) is 2.20. The van der Waals surface area contributed by atoms with Gasteiger partial charge in [-0.25, -0.2) is 0 Å². The second-order valence-electron chi connectivity index (χ2n) is 5.82. The topological polar surface area (TPSA) is 62.3 Å². The highest BCUT2D eigenvalue weighted by atomic mass is 35.5. The molecule has 0 aliphatic heterocycles. The van der Waals surface area contributed by atoms with Gasteiger partial charge in [0.25, 0.3) is 0 Å². The lowest BCUT2D eigenvalue weighted by atomic mass is 10.1. The van der Waals surface area contributed by atoms with E-state index < -0.39 is 0 Å². The average molecular weight is 360 g/mol. The van der Waals surface area contributed by atoms with Crippen LogP contribution in [0.3, 0.4) is 0 Å². The molecule has 1 aromatic carbocycles. The maximum Gasteiger partial charge on any atom is 0.231 e. The van der Waals surface area contributed by atoms with Crippen LogP contribution in [0.5, 0.6) is 0 Å². The monoisotopic (exact) mass is 359 g/mol. The summed E-state index contributed by atoms with van der Waals surface area (Å²) in [5.74, 6) is -0.437. The van der Waals surface area contributed by atoms with Gasteiger partial charge in [0.15, 0.2) is 0 Å². The molecule has 25 heavy (non-hydrogen) atoms. The Morgan fingerprint density at radius 3 is 2.36 bits per heavy atom. The summed E-state index contributed by atoms with van der Waals surface area (Å²) in [6, 6.07) is 11.3. The molecule has 0 radical (unpaired) electrons. The van der Waals surface area contributed by atoms with E-state index in [-0.39, 0.29) is 18.2 Å². The number of amides is 2. The zero-order valence-corrected chi connectivity index (χ0v) is 15.0. The van der Waals surface area contributed by atoms with Gasteiger partial charge in [0.1, 0.15) is 6.42 Å². The van der Waals surface area contributed by atoms with Crippen LogP contribution in [0.2, 0.25) is 5.02 Å². The molecule has 0 unspecified atom stereocenters. The zero-order valence-electron chi connectivity index (χ0n) is 14.2. The molecule has 0 aliphatic carbocycles. The van der Waals surface area contributed by atoms with Crippen LogP contribution < -0.4 is 5.32 Å². The number of pyridine rings is 1. The Kier molecular flexibility index (Phi) is 7.41. The Labute approximate surface area is 153 Å². The van der Waals surface area contributed by atoms with Crippen LogP contribution in [0.4, 0.5) is 0 Å². The van der Waals surface area contributed by atoms with E-state index in [2.05, 4.69) is 10.3 Å². The summed E-state index contributed by atoms with van der Waals surface area (Å²) in [4.78, 5) is 29.5. The first-order valence-corrected chi connectivity index (χ1v) is 8.56. The maximum absolute atomic E-state index is 12.1. The Hall–Kier alpha value is -2.40. The maximum atomic E-state index is 12.1. The summed E-state index contributed by atoms with van der Waals surface area (Å²) in [6.07, 6.45) is 4.77. The third-order valence-corrected chi connectivity index (χ3v) is 4.12. The molecule has 0 atom stereocenters. The minimum Gasteiger partial charge on any atom is -0.355 e. The van der Waals surface area contributed by atoms with Gasteiger partial charge in [-0.1, -0.05) is 23.7 Å². The number of rotatable bonds is 8. The van der Waals surface area contributed by atoms with Gasteiger partial charge in [-0.15, -0.1) is 0 Å². The van der Waals surface area contributed by atoms with Crippen molar-refractivity contribution in [2.24, 2.45) is 0 Å². The normalized spacial score (nSPS) is 10.3. The van der Waals surface area contributed by atoms with E-state index in [1.807, 2.05) is 36.4 Å². The first kappa shape index (κ1) is 18.9. The molecule has 0 spiro atoms. The molecule has 6 heteroatoms. The molecular formula is C19H22ClN3O2. The van der Waals surface area contributed by atoms with Crippen molar-refractivity contribution in [2.75, 3.05) is 20.1 Å². The largest absolute Gasteiger partial charge is 0.355 e. The molecule has 2 aromatic rings. The molecule has 0 aliphatic rings.